The summed E-state index contributed by atoms with van der Waals surface area (Å²) in [6, 6.07) is 20.5. The van der Waals surface area contributed by atoms with E-state index in [9.17, 15) is 0 Å². The summed E-state index contributed by atoms with van der Waals surface area (Å²) in [7, 11) is 0. The van der Waals surface area contributed by atoms with Gasteiger partial charge in [-0.2, -0.15) is 0 Å². The number of hydrogen-bond acceptors (Lipinski definition) is 1. The number of allylic oxidation sites excluding steroid dienone is 1. The van der Waals surface area contributed by atoms with Crippen LogP contribution in [0.3, 0.4) is 0 Å². The Morgan fingerprint density at radius 1 is 0.955 bits per heavy atom. The van der Waals surface area contributed by atoms with Crippen LogP contribution in [0.15, 0.2) is 73.3 Å². The van der Waals surface area contributed by atoms with E-state index in [1.807, 2.05) is 61.5 Å². The first-order valence-corrected chi connectivity index (χ1v) is 7.34. The molecule has 3 aromatic rings. The zero-order chi connectivity index (χ0) is 15.4. The summed E-state index contributed by atoms with van der Waals surface area (Å²) < 4.78 is 2.15. The molecule has 0 aliphatic rings. The van der Waals surface area contributed by atoms with Gasteiger partial charge in [-0.3, -0.25) is 4.57 Å². The summed E-state index contributed by atoms with van der Waals surface area (Å²) in [5, 5.41) is 0. The molecule has 108 valence electrons. The highest BCUT2D eigenvalue weighted by Gasteiger charge is 2.15. The lowest BCUT2D eigenvalue weighted by Gasteiger charge is -2.10. The maximum atomic E-state index is 4.82. The van der Waals surface area contributed by atoms with E-state index in [2.05, 4.69) is 35.4 Å². The van der Waals surface area contributed by atoms with Gasteiger partial charge in [0, 0.05) is 11.3 Å². The van der Waals surface area contributed by atoms with E-state index in [0.717, 1.165) is 28.5 Å². The van der Waals surface area contributed by atoms with Gasteiger partial charge in [0.05, 0.1) is 11.4 Å². The maximum absolute atomic E-state index is 4.82. The number of rotatable bonds is 4. The van der Waals surface area contributed by atoms with Crippen LogP contribution in [0.4, 0.5) is 0 Å². The topological polar surface area (TPSA) is 17.8 Å². The Kier molecular flexibility index (Phi) is 4.01. The third kappa shape index (κ3) is 2.51. The summed E-state index contributed by atoms with van der Waals surface area (Å²) in [6.07, 6.45) is 5.88. The van der Waals surface area contributed by atoms with Crippen LogP contribution in [-0.4, -0.2) is 9.55 Å². The fraction of sp³-hybridized carbons (Fsp3) is 0.0500. The third-order valence-electron chi connectivity index (χ3n) is 3.51. The average Bonchev–Trinajstić information content (AvgIpc) is 2.95. The zero-order valence-corrected chi connectivity index (χ0v) is 12.6. The van der Waals surface area contributed by atoms with Crippen molar-refractivity contribution >= 4 is 12.2 Å². The standard InChI is InChI=1S/C20H18N2/c1-3-11-18-19(4-2)22(17-14-9-6-10-15-17)20(21-18)16-12-7-5-8-13-16/h3-15H,2H2,1H3/b11-3-. The summed E-state index contributed by atoms with van der Waals surface area (Å²) in [5.41, 5.74) is 4.10. The van der Waals surface area contributed by atoms with Crippen molar-refractivity contribution in [3.05, 3.63) is 84.7 Å². The third-order valence-corrected chi connectivity index (χ3v) is 3.51. The lowest BCUT2D eigenvalue weighted by molar-refractivity contribution is 1.05. The van der Waals surface area contributed by atoms with Crippen molar-refractivity contribution in [2.75, 3.05) is 0 Å². The number of aromatic nitrogens is 2. The van der Waals surface area contributed by atoms with Gasteiger partial charge in [-0.25, -0.2) is 4.98 Å². The molecule has 2 nitrogen and oxygen atoms in total. The average molecular weight is 286 g/mol. The van der Waals surface area contributed by atoms with Crippen molar-refractivity contribution in [3.63, 3.8) is 0 Å². The molecule has 2 heteroatoms. The number of para-hydroxylation sites is 1. The predicted molar refractivity (Wildman–Crippen MR) is 93.8 cm³/mol. The first-order chi connectivity index (χ1) is 10.8. The van der Waals surface area contributed by atoms with Gasteiger partial charge in [0.25, 0.3) is 0 Å². The molecule has 0 spiro atoms. The fourth-order valence-electron chi connectivity index (χ4n) is 2.55. The van der Waals surface area contributed by atoms with Gasteiger partial charge in [0.2, 0.25) is 0 Å². The molecule has 1 aromatic heterocycles. The molecule has 0 N–H and O–H groups in total. The van der Waals surface area contributed by atoms with Crippen molar-refractivity contribution in [2.45, 2.75) is 6.92 Å². The van der Waals surface area contributed by atoms with Crippen molar-refractivity contribution in [1.82, 2.24) is 9.55 Å². The van der Waals surface area contributed by atoms with E-state index in [1.165, 1.54) is 0 Å². The van der Waals surface area contributed by atoms with E-state index >= 15 is 0 Å². The van der Waals surface area contributed by atoms with Crippen LogP contribution in [0, 0.1) is 0 Å². The smallest absolute Gasteiger partial charge is 0.145 e. The molecule has 0 saturated heterocycles. The Morgan fingerprint density at radius 3 is 2.18 bits per heavy atom. The zero-order valence-electron chi connectivity index (χ0n) is 12.6. The number of benzene rings is 2. The molecule has 0 aliphatic heterocycles. The van der Waals surface area contributed by atoms with Crippen LogP contribution in [0.2, 0.25) is 0 Å². The summed E-state index contributed by atoms with van der Waals surface area (Å²) in [4.78, 5) is 4.82. The Labute approximate surface area is 131 Å². The van der Waals surface area contributed by atoms with Gasteiger partial charge in [0.1, 0.15) is 5.82 Å². The number of nitrogens with zero attached hydrogens (tertiary/aromatic N) is 2. The molecule has 0 atom stereocenters. The molecule has 3 rings (SSSR count). The van der Waals surface area contributed by atoms with Crippen LogP contribution in [0.1, 0.15) is 18.3 Å². The molecule has 0 fully saturated rings. The SMILES string of the molecule is C=Cc1c(/C=C\C)nc(-c2ccccc2)n1-c1ccccc1. The van der Waals surface area contributed by atoms with E-state index in [4.69, 9.17) is 4.98 Å². The van der Waals surface area contributed by atoms with Gasteiger partial charge in [-0.05, 0) is 31.2 Å². The van der Waals surface area contributed by atoms with Gasteiger partial charge < -0.3 is 0 Å². The molecule has 0 bridgehead atoms. The van der Waals surface area contributed by atoms with Gasteiger partial charge in [-0.1, -0.05) is 61.2 Å². The van der Waals surface area contributed by atoms with Gasteiger partial charge in [-0.15, -0.1) is 0 Å². The first-order valence-electron chi connectivity index (χ1n) is 7.34. The van der Waals surface area contributed by atoms with E-state index in [0.29, 0.717) is 0 Å². The quantitative estimate of drug-likeness (QED) is 0.643. The minimum atomic E-state index is 0.926. The van der Waals surface area contributed by atoms with Crippen molar-refractivity contribution in [3.8, 4) is 17.1 Å². The second kappa shape index (κ2) is 6.27. The molecule has 0 saturated carbocycles. The molecule has 1 heterocycles. The minimum absolute atomic E-state index is 0.926. The highest BCUT2D eigenvalue weighted by Crippen LogP contribution is 2.28. The van der Waals surface area contributed by atoms with Gasteiger partial charge in [0.15, 0.2) is 0 Å². The molecule has 0 radical (unpaired) electrons. The molecule has 0 aliphatic carbocycles. The van der Waals surface area contributed by atoms with Crippen LogP contribution in [-0.2, 0) is 0 Å². The Hall–Kier alpha value is -2.87. The summed E-state index contributed by atoms with van der Waals surface area (Å²) >= 11 is 0. The lowest BCUT2D eigenvalue weighted by atomic mass is 10.2. The number of imidazole rings is 1. The molecule has 0 amide bonds. The normalized spacial score (nSPS) is 11.0. The monoisotopic (exact) mass is 286 g/mol. The van der Waals surface area contributed by atoms with Crippen LogP contribution in [0.25, 0.3) is 29.2 Å². The molecule has 22 heavy (non-hydrogen) atoms. The molecular formula is C20H18N2. The van der Waals surface area contributed by atoms with E-state index < -0.39 is 0 Å². The Morgan fingerprint density at radius 2 is 1.59 bits per heavy atom. The largest absolute Gasteiger partial charge is 0.292 e. The van der Waals surface area contributed by atoms with Crippen molar-refractivity contribution < 1.29 is 0 Å². The highest BCUT2D eigenvalue weighted by atomic mass is 15.1. The van der Waals surface area contributed by atoms with Crippen molar-refractivity contribution in [2.24, 2.45) is 0 Å². The van der Waals surface area contributed by atoms with Crippen LogP contribution in [0.5, 0.6) is 0 Å². The summed E-state index contributed by atoms with van der Waals surface area (Å²) in [6.45, 7) is 5.97. The predicted octanol–water partition coefficient (Wildman–Crippen LogP) is 5.22. The first kappa shape index (κ1) is 14.1. The summed E-state index contributed by atoms with van der Waals surface area (Å²) in [5.74, 6) is 0.926. The minimum Gasteiger partial charge on any atom is -0.292 e. The number of hydrogen-bond donors (Lipinski definition) is 0. The van der Waals surface area contributed by atoms with E-state index in [1.54, 1.807) is 0 Å². The molecular weight excluding hydrogens is 268 g/mol. The highest BCUT2D eigenvalue weighted by molar-refractivity contribution is 5.69. The van der Waals surface area contributed by atoms with Gasteiger partial charge >= 0.3 is 0 Å². The fourth-order valence-corrected chi connectivity index (χ4v) is 2.55. The second-order valence-corrected chi connectivity index (χ2v) is 4.95. The van der Waals surface area contributed by atoms with Crippen LogP contribution >= 0.6 is 0 Å². The molecule has 2 aromatic carbocycles. The second-order valence-electron chi connectivity index (χ2n) is 4.95. The lowest BCUT2D eigenvalue weighted by Crippen LogP contribution is -1.99. The van der Waals surface area contributed by atoms with Crippen molar-refractivity contribution in [1.29, 1.82) is 0 Å². The molecule has 0 unspecified atom stereocenters. The Bertz CT molecular complexity index is 796. The van der Waals surface area contributed by atoms with Crippen LogP contribution < -0.4 is 0 Å². The maximum Gasteiger partial charge on any atom is 0.145 e. The van der Waals surface area contributed by atoms with E-state index in [-0.39, 0.29) is 0 Å². The Balaban J connectivity index is 2.31.